The Morgan fingerprint density at radius 1 is 1.33 bits per heavy atom. The zero-order valence-corrected chi connectivity index (χ0v) is 12.9. The number of carbonyl (C=O) groups excluding carboxylic acids is 1. The number of carbonyl (C=O) groups is 1. The summed E-state index contributed by atoms with van der Waals surface area (Å²) in [6.07, 6.45) is -0.475. The van der Waals surface area contributed by atoms with Crippen molar-refractivity contribution in [1.82, 2.24) is 5.32 Å². The highest BCUT2D eigenvalue weighted by Gasteiger charge is 2.17. The van der Waals surface area contributed by atoms with E-state index in [4.69, 9.17) is 10.5 Å². The van der Waals surface area contributed by atoms with E-state index in [0.717, 1.165) is 31.9 Å². The number of ether oxygens (including phenoxy) is 1. The van der Waals surface area contributed by atoms with Crippen LogP contribution in [0.5, 0.6) is 0 Å². The Kier molecular flexibility index (Phi) is 4.57. The molecule has 0 aliphatic carbocycles. The summed E-state index contributed by atoms with van der Waals surface area (Å²) in [4.78, 5) is 14.0. The van der Waals surface area contributed by atoms with Crippen LogP contribution in [0.25, 0.3) is 0 Å². The first-order chi connectivity index (χ1) is 9.85. The molecule has 0 bridgehead atoms. The van der Waals surface area contributed by atoms with Gasteiger partial charge >= 0.3 is 6.09 Å². The predicted molar refractivity (Wildman–Crippen MR) is 85.8 cm³/mol. The number of anilines is 3. The van der Waals surface area contributed by atoms with Gasteiger partial charge in [0.25, 0.3) is 0 Å². The van der Waals surface area contributed by atoms with E-state index in [2.05, 4.69) is 15.5 Å². The third kappa shape index (κ3) is 4.53. The van der Waals surface area contributed by atoms with Crippen molar-refractivity contribution in [3.05, 3.63) is 18.2 Å². The number of nitrogens with zero attached hydrogens (tertiary/aromatic N) is 1. The maximum Gasteiger partial charge on any atom is 0.412 e. The molecular weight excluding hydrogens is 268 g/mol. The lowest BCUT2D eigenvalue weighted by Gasteiger charge is -2.30. The molecule has 4 N–H and O–H groups in total. The molecule has 0 radical (unpaired) electrons. The molecule has 21 heavy (non-hydrogen) atoms. The van der Waals surface area contributed by atoms with Crippen molar-refractivity contribution in [2.24, 2.45) is 0 Å². The molecule has 0 unspecified atom stereocenters. The molecule has 1 fully saturated rings. The molecule has 0 atom stereocenters. The minimum atomic E-state index is -0.517. The molecular formula is C15H24N4O2. The van der Waals surface area contributed by atoms with E-state index < -0.39 is 11.7 Å². The van der Waals surface area contributed by atoms with E-state index in [0.29, 0.717) is 11.4 Å². The highest BCUT2D eigenvalue weighted by Crippen LogP contribution is 2.27. The van der Waals surface area contributed by atoms with Gasteiger partial charge in [-0.05, 0) is 39.0 Å². The SMILES string of the molecule is CC(C)(C)OC(=O)Nc1ccc(N2CCNCC2)c(N)c1. The quantitative estimate of drug-likeness (QED) is 0.727. The molecule has 1 amide bonds. The van der Waals surface area contributed by atoms with Crippen LogP contribution in [-0.2, 0) is 4.74 Å². The standard InChI is InChI=1S/C15H24N4O2/c1-15(2,3)21-14(20)18-11-4-5-13(12(16)10-11)19-8-6-17-7-9-19/h4-5,10,17H,6-9,16H2,1-3H3,(H,18,20). The number of hydrogen-bond donors (Lipinski definition) is 3. The molecule has 6 nitrogen and oxygen atoms in total. The van der Waals surface area contributed by atoms with Gasteiger partial charge in [-0.25, -0.2) is 4.79 Å². The molecule has 1 heterocycles. The Balaban J connectivity index is 2.03. The molecule has 1 aliphatic rings. The summed E-state index contributed by atoms with van der Waals surface area (Å²) >= 11 is 0. The van der Waals surface area contributed by atoms with Gasteiger partial charge in [0.05, 0.1) is 11.4 Å². The lowest BCUT2D eigenvalue weighted by atomic mass is 10.2. The predicted octanol–water partition coefficient (Wildman–Crippen LogP) is 2.03. The van der Waals surface area contributed by atoms with Crippen molar-refractivity contribution in [3.8, 4) is 0 Å². The van der Waals surface area contributed by atoms with Crippen LogP contribution in [0.2, 0.25) is 0 Å². The minimum Gasteiger partial charge on any atom is -0.444 e. The Morgan fingerprint density at radius 3 is 2.57 bits per heavy atom. The third-order valence-electron chi connectivity index (χ3n) is 3.13. The van der Waals surface area contributed by atoms with E-state index >= 15 is 0 Å². The molecule has 1 aromatic carbocycles. The molecule has 2 rings (SSSR count). The van der Waals surface area contributed by atoms with Crippen LogP contribution < -0.4 is 21.3 Å². The molecule has 0 saturated carbocycles. The molecule has 116 valence electrons. The molecule has 0 spiro atoms. The van der Waals surface area contributed by atoms with Crippen molar-refractivity contribution in [1.29, 1.82) is 0 Å². The van der Waals surface area contributed by atoms with Gasteiger partial charge in [0.2, 0.25) is 0 Å². The Labute approximate surface area is 125 Å². The van der Waals surface area contributed by atoms with Gasteiger partial charge in [0.1, 0.15) is 5.60 Å². The lowest BCUT2D eigenvalue weighted by molar-refractivity contribution is 0.0636. The zero-order chi connectivity index (χ0) is 15.5. The fraction of sp³-hybridized carbons (Fsp3) is 0.533. The van der Waals surface area contributed by atoms with E-state index in [9.17, 15) is 4.79 Å². The van der Waals surface area contributed by atoms with Crippen LogP contribution in [0.3, 0.4) is 0 Å². The van der Waals surface area contributed by atoms with Crippen LogP contribution >= 0.6 is 0 Å². The van der Waals surface area contributed by atoms with Crippen LogP contribution in [-0.4, -0.2) is 37.9 Å². The van der Waals surface area contributed by atoms with Gasteiger partial charge in [-0.3, -0.25) is 5.32 Å². The maximum atomic E-state index is 11.7. The largest absolute Gasteiger partial charge is 0.444 e. The first-order valence-electron chi connectivity index (χ1n) is 7.20. The highest BCUT2D eigenvalue weighted by molar-refractivity contribution is 5.87. The molecule has 1 aliphatic heterocycles. The number of nitrogens with one attached hydrogen (secondary N) is 2. The van der Waals surface area contributed by atoms with E-state index in [1.54, 1.807) is 6.07 Å². The average Bonchev–Trinajstić information content (AvgIpc) is 2.37. The van der Waals surface area contributed by atoms with Gasteiger partial charge in [-0.15, -0.1) is 0 Å². The number of rotatable bonds is 2. The monoisotopic (exact) mass is 292 g/mol. The summed E-state index contributed by atoms with van der Waals surface area (Å²) in [6, 6.07) is 5.55. The summed E-state index contributed by atoms with van der Waals surface area (Å²) < 4.78 is 5.22. The fourth-order valence-corrected chi connectivity index (χ4v) is 2.25. The van der Waals surface area contributed by atoms with Gasteiger partial charge in [0, 0.05) is 31.9 Å². The van der Waals surface area contributed by atoms with Crippen molar-refractivity contribution in [2.75, 3.05) is 42.1 Å². The van der Waals surface area contributed by atoms with Crippen molar-refractivity contribution < 1.29 is 9.53 Å². The van der Waals surface area contributed by atoms with Crippen molar-refractivity contribution >= 4 is 23.2 Å². The molecule has 1 aromatic rings. The second-order valence-corrected chi connectivity index (χ2v) is 6.14. The lowest BCUT2D eigenvalue weighted by Crippen LogP contribution is -2.43. The smallest absolute Gasteiger partial charge is 0.412 e. The van der Waals surface area contributed by atoms with E-state index in [1.165, 1.54) is 0 Å². The molecule has 0 aromatic heterocycles. The van der Waals surface area contributed by atoms with Crippen LogP contribution in [0.15, 0.2) is 18.2 Å². The Bertz CT molecular complexity index is 505. The fourth-order valence-electron chi connectivity index (χ4n) is 2.25. The first-order valence-corrected chi connectivity index (χ1v) is 7.20. The highest BCUT2D eigenvalue weighted by atomic mass is 16.6. The number of piperazine rings is 1. The van der Waals surface area contributed by atoms with Crippen LogP contribution in [0.4, 0.5) is 21.9 Å². The third-order valence-corrected chi connectivity index (χ3v) is 3.13. The molecule has 6 heteroatoms. The van der Waals surface area contributed by atoms with Gasteiger partial charge in [0.15, 0.2) is 0 Å². The van der Waals surface area contributed by atoms with Crippen molar-refractivity contribution in [2.45, 2.75) is 26.4 Å². The average molecular weight is 292 g/mol. The summed E-state index contributed by atoms with van der Waals surface area (Å²) in [5.41, 5.74) is 7.89. The normalized spacial score (nSPS) is 15.7. The summed E-state index contributed by atoms with van der Waals surface area (Å²) in [5, 5.41) is 6.00. The van der Waals surface area contributed by atoms with Gasteiger partial charge in [-0.1, -0.05) is 0 Å². The first kappa shape index (κ1) is 15.4. The van der Waals surface area contributed by atoms with E-state index in [1.807, 2.05) is 32.9 Å². The summed E-state index contributed by atoms with van der Waals surface area (Å²) in [6.45, 7) is 9.26. The number of hydrogen-bond acceptors (Lipinski definition) is 5. The number of nitrogen functional groups attached to an aromatic ring is 1. The zero-order valence-electron chi connectivity index (χ0n) is 12.9. The van der Waals surface area contributed by atoms with Gasteiger partial charge in [-0.2, -0.15) is 0 Å². The number of amides is 1. The van der Waals surface area contributed by atoms with Crippen LogP contribution in [0, 0.1) is 0 Å². The number of benzene rings is 1. The number of nitrogens with two attached hydrogens (primary N) is 1. The second-order valence-electron chi connectivity index (χ2n) is 6.14. The molecule has 1 saturated heterocycles. The topological polar surface area (TPSA) is 79.6 Å². The Morgan fingerprint density at radius 2 is 2.00 bits per heavy atom. The Hall–Kier alpha value is -1.95. The van der Waals surface area contributed by atoms with Gasteiger partial charge < -0.3 is 20.7 Å². The summed E-state index contributed by atoms with van der Waals surface area (Å²) in [7, 11) is 0. The minimum absolute atomic E-state index is 0.475. The second kappa shape index (κ2) is 6.22. The van der Waals surface area contributed by atoms with E-state index in [-0.39, 0.29) is 0 Å². The van der Waals surface area contributed by atoms with Crippen LogP contribution in [0.1, 0.15) is 20.8 Å². The van der Waals surface area contributed by atoms with Crippen molar-refractivity contribution in [3.63, 3.8) is 0 Å². The summed E-state index contributed by atoms with van der Waals surface area (Å²) in [5.74, 6) is 0. The maximum absolute atomic E-state index is 11.7.